The standard InChI is InChI=1S/C20H19Cl2N3O2/c1-20(16-7-6-15(21)10-17(16)22)18(26)25(19(27)23-20)12-24-9-8-13-4-2-3-5-14(13)11-24/h2-7,10H,8-9,11-12H2,1H3,(H,23,27)/p+1/t20-/m1/s1. The molecule has 2 aliphatic heterocycles. The molecule has 27 heavy (non-hydrogen) atoms. The van der Waals surface area contributed by atoms with Gasteiger partial charge in [-0.2, -0.15) is 0 Å². The number of benzene rings is 2. The molecule has 1 unspecified atom stereocenters. The van der Waals surface area contributed by atoms with E-state index >= 15 is 0 Å². The maximum atomic E-state index is 13.1. The molecule has 0 radical (unpaired) electrons. The third-order valence-corrected chi connectivity index (χ3v) is 5.98. The Morgan fingerprint density at radius 2 is 1.89 bits per heavy atom. The van der Waals surface area contributed by atoms with Crippen LogP contribution in [0, 0.1) is 0 Å². The molecule has 2 N–H and O–H groups in total. The van der Waals surface area contributed by atoms with E-state index in [2.05, 4.69) is 17.4 Å². The van der Waals surface area contributed by atoms with Crippen molar-refractivity contribution in [1.82, 2.24) is 10.2 Å². The van der Waals surface area contributed by atoms with Crippen molar-refractivity contribution >= 4 is 35.1 Å². The molecule has 0 spiro atoms. The molecule has 2 atom stereocenters. The van der Waals surface area contributed by atoms with E-state index in [1.807, 2.05) is 12.1 Å². The van der Waals surface area contributed by atoms with Crippen molar-refractivity contribution < 1.29 is 14.5 Å². The van der Waals surface area contributed by atoms with Gasteiger partial charge in [0.05, 0.1) is 6.54 Å². The number of carbonyl (C=O) groups excluding carboxylic acids is 2. The van der Waals surface area contributed by atoms with Crippen LogP contribution >= 0.6 is 23.2 Å². The molecule has 0 aliphatic carbocycles. The number of halogens is 2. The van der Waals surface area contributed by atoms with Crippen molar-refractivity contribution in [3.63, 3.8) is 0 Å². The van der Waals surface area contributed by atoms with Crippen molar-refractivity contribution in [2.45, 2.75) is 25.4 Å². The fraction of sp³-hybridized carbons (Fsp3) is 0.300. The molecule has 2 heterocycles. The predicted octanol–water partition coefficient (Wildman–Crippen LogP) is 2.36. The van der Waals surface area contributed by atoms with Crippen LogP contribution in [0.15, 0.2) is 42.5 Å². The summed E-state index contributed by atoms with van der Waals surface area (Å²) in [5.41, 5.74) is 1.98. The van der Waals surface area contributed by atoms with Crippen LogP contribution in [0.2, 0.25) is 10.0 Å². The Morgan fingerprint density at radius 3 is 2.63 bits per heavy atom. The first-order chi connectivity index (χ1) is 12.9. The normalized spacial score (nSPS) is 24.7. The molecule has 3 amide bonds. The highest BCUT2D eigenvalue weighted by atomic mass is 35.5. The summed E-state index contributed by atoms with van der Waals surface area (Å²) in [6, 6.07) is 12.9. The average molecular weight is 405 g/mol. The van der Waals surface area contributed by atoms with Gasteiger partial charge in [-0.05, 0) is 24.6 Å². The molecular weight excluding hydrogens is 385 g/mol. The van der Waals surface area contributed by atoms with E-state index < -0.39 is 5.54 Å². The van der Waals surface area contributed by atoms with Gasteiger partial charge in [-0.3, -0.25) is 4.79 Å². The Labute approximate surface area is 167 Å². The second kappa shape index (κ2) is 6.82. The van der Waals surface area contributed by atoms with E-state index in [-0.39, 0.29) is 11.9 Å². The van der Waals surface area contributed by atoms with Gasteiger partial charge in [-0.1, -0.05) is 53.5 Å². The number of nitrogens with one attached hydrogen (secondary N) is 2. The summed E-state index contributed by atoms with van der Waals surface area (Å²) in [5, 5.41) is 3.66. The lowest BCUT2D eigenvalue weighted by Gasteiger charge is -2.29. The molecule has 0 saturated carbocycles. The lowest BCUT2D eigenvalue weighted by atomic mass is 9.92. The molecular formula is C20H20Cl2N3O2+. The molecule has 140 valence electrons. The van der Waals surface area contributed by atoms with Gasteiger partial charge in [-0.25, -0.2) is 9.69 Å². The predicted molar refractivity (Wildman–Crippen MR) is 104 cm³/mol. The zero-order valence-electron chi connectivity index (χ0n) is 14.9. The van der Waals surface area contributed by atoms with E-state index in [0.717, 1.165) is 19.5 Å². The van der Waals surface area contributed by atoms with Gasteiger partial charge in [0.1, 0.15) is 12.1 Å². The molecule has 7 heteroatoms. The fourth-order valence-corrected chi connectivity index (χ4v) is 4.52. The second-order valence-corrected chi connectivity index (χ2v) is 8.11. The van der Waals surface area contributed by atoms with Crippen LogP contribution in [-0.2, 0) is 23.3 Å². The Hall–Kier alpha value is -2.08. The van der Waals surface area contributed by atoms with E-state index in [9.17, 15) is 9.59 Å². The maximum Gasteiger partial charge on any atom is 0.329 e. The lowest BCUT2D eigenvalue weighted by Crippen LogP contribution is -3.13. The van der Waals surface area contributed by atoms with Crippen molar-refractivity contribution in [2.75, 3.05) is 13.2 Å². The van der Waals surface area contributed by atoms with Crippen molar-refractivity contribution in [3.8, 4) is 0 Å². The van der Waals surface area contributed by atoms with Crippen LogP contribution in [0.5, 0.6) is 0 Å². The van der Waals surface area contributed by atoms with E-state index in [1.165, 1.54) is 20.9 Å². The number of urea groups is 1. The van der Waals surface area contributed by atoms with Crippen LogP contribution in [0.25, 0.3) is 0 Å². The van der Waals surface area contributed by atoms with Crippen LogP contribution in [0.1, 0.15) is 23.6 Å². The van der Waals surface area contributed by atoms with E-state index in [1.54, 1.807) is 25.1 Å². The minimum absolute atomic E-state index is 0.289. The quantitative estimate of drug-likeness (QED) is 0.771. The Morgan fingerprint density at radius 1 is 1.15 bits per heavy atom. The van der Waals surface area contributed by atoms with E-state index in [4.69, 9.17) is 23.2 Å². The summed E-state index contributed by atoms with van der Waals surface area (Å²) in [6.07, 6.45) is 0.940. The van der Waals surface area contributed by atoms with Crippen molar-refractivity contribution in [2.24, 2.45) is 0 Å². The van der Waals surface area contributed by atoms with Gasteiger partial charge in [0.2, 0.25) is 0 Å². The van der Waals surface area contributed by atoms with Gasteiger partial charge >= 0.3 is 6.03 Å². The number of amides is 3. The smallest absolute Gasteiger partial charge is 0.319 e. The highest BCUT2D eigenvalue weighted by Gasteiger charge is 2.51. The maximum absolute atomic E-state index is 13.1. The number of fused-ring (bicyclic) bond motifs is 1. The molecule has 1 saturated heterocycles. The van der Waals surface area contributed by atoms with Crippen molar-refractivity contribution in [1.29, 1.82) is 0 Å². The molecule has 2 aliphatic rings. The lowest BCUT2D eigenvalue weighted by molar-refractivity contribution is -0.923. The van der Waals surface area contributed by atoms with Crippen LogP contribution in [-0.4, -0.2) is 30.1 Å². The number of nitrogens with zero attached hydrogens (tertiary/aromatic N) is 1. The van der Waals surface area contributed by atoms with Crippen LogP contribution < -0.4 is 10.2 Å². The SMILES string of the molecule is C[C@]1(c2ccc(Cl)cc2Cl)NC(=O)N(C[NH+]2CCc3ccccc3C2)C1=O. The van der Waals surface area contributed by atoms with Gasteiger partial charge in [0.25, 0.3) is 5.91 Å². The van der Waals surface area contributed by atoms with Crippen LogP contribution in [0.3, 0.4) is 0 Å². The molecule has 0 aromatic heterocycles. The van der Waals surface area contributed by atoms with E-state index in [0.29, 0.717) is 22.3 Å². The first kappa shape index (κ1) is 18.3. The molecule has 1 fully saturated rings. The minimum Gasteiger partial charge on any atom is -0.319 e. The molecule has 2 aromatic carbocycles. The third-order valence-electron chi connectivity index (χ3n) is 5.43. The minimum atomic E-state index is -1.19. The zero-order chi connectivity index (χ0) is 19.2. The second-order valence-electron chi connectivity index (χ2n) is 7.27. The van der Waals surface area contributed by atoms with Gasteiger partial charge < -0.3 is 10.2 Å². The summed E-state index contributed by atoms with van der Waals surface area (Å²) in [6.45, 7) is 3.70. The summed E-state index contributed by atoms with van der Waals surface area (Å²) >= 11 is 12.3. The number of hydrogen-bond donors (Lipinski definition) is 2. The number of hydrogen-bond acceptors (Lipinski definition) is 2. The molecule has 0 bridgehead atoms. The zero-order valence-corrected chi connectivity index (χ0v) is 16.4. The van der Waals surface area contributed by atoms with Gasteiger partial charge in [0, 0.05) is 27.6 Å². The number of carbonyl (C=O) groups is 2. The van der Waals surface area contributed by atoms with Gasteiger partial charge in [-0.15, -0.1) is 0 Å². The summed E-state index contributed by atoms with van der Waals surface area (Å²) in [5.74, 6) is -0.289. The Balaban J connectivity index is 1.55. The first-order valence-electron chi connectivity index (χ1n) is 8.88. The molecule has 4 rings (SSSR count). The fourth-order valence-electron chi connectivity index (χ4n) is 3.92. The van der Waals surface area contributed by atoms with Crippen LogP contribution in [0.4, 0.5) is 4.79 Å². The highest BCUT2D eigenvalue weighted by Crippen LogP contribution is 2.34. The summed E-state index contributed by atoms with van der Waals surface area (Å²) in [7, 11) is 0. The largest absolute Gasteiger partial charge is 0.329 e. The molecule has 5 nitrogen and oxygen atoms in total. The summed E-state index contributed by atoms with van der Waals surface area (Å²) < 4.78 is 0. The monoisotopic (exact) mass is 404 g/mol. The topological polar surface area (TPSA) is 53.9 Å². The first-order valence-corrected chi connectivity index (χ1v) is 9.64. The summed E-state index contributed by atoms with van der Waals surface area (Å²) in [4.78, 5) is 28.2. The van der Waals surface area contributed by atoms with Gasteiger partial charge in [0.15, 0.2) is 6.67 Å². The number of imide groups is 1. The third kappa shape index (κ3) is 3.20. The number of quaternary nitrogens is 1. The highest BCUT2D eigenvalue weighted by molar-refractivity contribution is 6.35. The average Bonchev–Trinajstić information content (AvgIpc) is 2.85. The van der Waals surface area contributed by atoms with Crippen molar-refractivity contribution in [3.05, 3.63) is 69.2 Å². The number of rotatable bonds is 3. The Bertz CT molecular complexity index is 933. The Kier molecular flexibility index (Phi) is 4.62. The molecule has 2 aromatic rings.